The fourth-order valence-electron chi connectivity index (χ4n) is 2.33. The summed E-state index contributed by atoms with van der Waals surface area (Å²) in [5, 5.41) is 12.7. The standard InChI is InChI=1S/C16H18N2O3.C5H8O3.C3H8.C2H6/c17-15(19)11-18-16(20)9-4-10-21-14-8-3-6-12-5-1-2-7-13(12)14;1-4(3-6)2-5(7)8;1-3-2;1-2/h1-3,5-8H,4,9-11H2,(H2,17,19)(H,18,20);3-4H,2H2,1H3,(H,7,8);3H2,1-2H3;1-2H3/t;4-;;/m.0../s1. The SMILES string of the molecule is CC.CCC.C[C@H](C=O)CC(=O)O.NC(=O)CNC(=O)CCCOc1cccc2ccccc12. The van der Waals surface area contributed by atoms with Crippen LogP contribution in [0.15, 0.2) is 42.5 Å². The molecular formula is C26H40N2O6. The van der Waals surface area contributed by atoms with Gasteiger partial charge in [0.2, 0.25) is 11.8 Å². The van der Waals surface area contributed by atoms with E-state index in [0.717, 1.165) is 16.5 Å². The van der Waals surface area contributed by atoms with Gasteiger partial charge in [-0.05, 0) is 17.9 Å². The zero-order valence-corrected chi connectivity index (χ0v) is 21.0. The summed E-state index contributed by atoms with van der Waals surface area (Å²) in [7, 11) is 0. The van der Waals surface area contributed by atoms with E-state index in [-0.39, 0.29) is 24.8 Å². The third kappa shape index (κ3) is 17.2. The lowest BCUT2D eigenvalue weighted by Crippen LogP contribution is -2.33. The molecule has 2 aromatic rings. The van der Waals surface area contributed by atoms with E-state index in [9.17, 15) is 19.2 Å². The zero-order valence-electron chi connectivity index (χ0n) is 21.0. The van der Waals surface area contributed by atoms with E-state index in [1.807, 2.05) is 56.3 Å². The van der Waals surface area contributed by atoms with E-state index in [1.54, 1.807) is 6.92 Å². The average molecular weight is 477 g/mol. The number of benzene rings is 2. The lowest BCUT2D eigenvalue weighted by Gasteiger charge is -2.09. The van der Waals surface area contributed by atoms with Gasteiger partial charge in [-0.15, -0.1) is 0 Å². The predicted molar refractivity (Wildman–Crippen MR) is 136 cm³/mol. The molecule has 0 heterocycles. The van der Waals surface area contributed by atoms with E-state index in [4.69, 9.17) is 15.6 Å². The number of rotatable bonds is 10. The Morgan fingerprint density at radius 1 is 1.09 bits per heavy atom. The van der Waals surface area contributed by atoms with Crippen molar-refractivity contribution in [2.45, 2.75) is 60.3 Å². The van der Waals surface area contributed by atoms with Gasteiger partial charge in [0, 0.05) is 17.7 Å². The Kier molecular flexibility index (Phi) is 20.6. The third-order valence-electron chi connectivity index (χ3n) is 3.74. The highest BCUT2D eigenvalue weighted by atomic mass is 16.5. The molecule has 2 amide bonds. The highest BCUT2D eigenvalue weighted by molar-refractivity contribution is 5.88. The number of fused-ring (bicyclic) bond motifs is 1. The smallest absolute Gasteiger partial charge is 0.304 e. The van der Waals surface area contributed by atoms with Crippen LogP contribution in [0.2, 0.25) is 0 Å². The van der Waals surface area contributed by atoms with Crippen LogP contribution in [0.4, 0.5) is 0 Å². The van der Waals surface area contributed by atoms with Crippen LogP contribution < -0.4 is 15.8 Å². The van der Waals surface area contributed by atoms with Gasteiger partial charge in [0.1, 0.15) is 12.0 Å². The van der Waals surface area contributed by atoms with Gasteiger partial charge in [0.25, 0.3) is 0 Å². The van der Waals surface area contributed by atoms with Crippen LogP contribution in [0.5, 0.6) is 5.75 Å². The lowest BCUT2D eigenvalue weighted by atomic mass is 10.1. The molecule has 1 atom stereocenters. The highest BCUT2D eigenvalue weighted by Crippen LogP contribution is 2.25. The summed E-state index contributed by atoms with van der Waals surface area (Å²) in [5.74, 6) is -1.21. The van der Waals surface area contributed by atoms with Crippen LogP contribution in [0.1, 0.15) is 60.3 Å². The second-order valence-electron chi connectivity index (χ2n) is 7.09. The summed E-state index contributed by atoms with van der Waals surface area (Å²) in [4.78, 5) is 41.5. The van der Waals surface area contributed by atoms with Crippen LogP contribution in [0.3, 0.4) is 0 Å². The van der Waals surface area contributed by atoms with Crippen LogP contribution in [-0.4, -0.2) is 42.3 Å². The molecule has 0 saturated carbocycles. The normalized spacial score (nSPS) is 10.0. The first-order valence-electron chi connectivity index (χ1n) is 11.6. The number of ether oxygens (including phenoxy) is 1. The molecule has 2 aromatic carbocycles. The molecule has 0 bridgehead atoms. The Morgan fingerprint density at radius 2 is 1.68 bits per heavy atom. The number of hydrogen-bond acceptors (Lipinski definition) is 5. The van der Waals surface area contributed by atoms with Crippen molar-refractivity contribution in [3.8, 4) is 5.75 Å². The van der Waals surface area contributed by atoms with Gasteiger partial charge in [-0.1, -0.05) is 77.4 Å². The number of primary amides is 1. The van der Waals surface area contributed by atoms with Crippen molar-refractivity contribution in [1.29, 1.82) is 0 Å². The van der Waals surface area contributed by atoms with Crippen molar-refractivity contribution < 1.29 is 29.0 Å². The number of carboxylic acids is 1. The van der Waals surface area contributed by atoms with Crippen LogP contribution >= 0.6 is 0 Å². The number of hydrogen-bond donors (Lipinski definition) is 3. The summed E-state index contributed by atoms with van der Waals surface area (Å²) in [6.45, 7) is 10.1. The first-order valence-corrected chi connectivity index (χ1v) is 11.6. The van der Waals surface area contributed by atoms with Crippen LogP contribution in [0.25, 0.3) is 10.8 Å². The van der Waals surface area contributed by atoms with Crippen molar-refractivity contribution in [3.63, 3.8) is 0 Å². The van der Waals surface area contributed by atoms with Crippen molar-refractivity contribution >= 4 is 34.8 Å². The minimum absolute atomic E-state index is 0.0660. The molecule has 34 heavy (non-hydrogen) atoms. The first kappa shape index (κ1) is 32.8. The van der Waals surface area contributed by atoms with Crippen molar-refractivity contribution in [1.82, 2.24) is 5.32 Å². The second-order valence-corrected chi connectivity index (χ2v) is 7.09. The van der Waals surface area contributed by atoms with Gasteiger partial charge in [-0.2, -0.15) is 0 Å². The third-order valence-corrected chi connectivity index (χ3v) is 3.74. The maximum Gasteiger partial charge on any atom is 0.304 e. The van der Waals surface area contributed by atoms with Crippen LogP contribution in [-0.2, 0) is 19.2 Å². The number of carboxylic acid groups (broad SMARTS) is 1. The maximum absolute atomic E-state index is 11.4. The number of amides is 2. The molecule has 0 spiro atoms. The number of aldehydes is 1. The number of aliphatic carboxylic acids is 1. The largest absolute Gasteiger partial charge is 0.493 e. The maximum atomic E-state index is 11.4. The quantitative estimate of drug-likeness (QED) is 0.345. The van der Waals surface area contributed by atoms with Crippen LogP contribution in [0, 0.1) is 5.92 Å². The molecule has 0 unspecified atom stereocenters. The van der Waals surface area contributed by atoms with Gasteiger partial charge in [-0.3, -0.25) is 14.4 Å². The monoisotopic (exact) mass is 476 g/mol. The topological polar surface area (TPSA) is 136 Å². The van der Waals surface area contributed by atoms with E-state index in [2.05, 4.69) is 19.2 Å². The fourth-order valence-corrected chi connectivity index (χ4v) is 2.33. The fraction of sp³-hybridized carbons (Fsp3) is 0.462. The van der Waals surface area contributed by atoms with E-state index in [0.29, 0.717) is 25.7 Å². The molecule has 8 nitrogen and oxygen atoms in total. The second kappa shape index (κ2) is 21.4. The molecular weight excluding hydrogens is 436 g/mol. The Morgan fingerprint density at radius 3 is 2.21 bits per heavy atom. The van der Waals surface area contributed by atoms with Gasteiger partial charge in [-0.25, -0.2) is 0 Å². The molecule has 0 aliphatic rings. The molecule has 2 rings (SSSR count). The van der Waals surface area contributed by atoms with Gasteiger partial charge >= 0.3 is 5.97 Å². The molecule has 4 N–H and O–H groups in total. The Balaban J connectivity index is 0. The molecule has 190 valence electrons. The van der Waals surface area contributed by atoms with E-state index in [1.165, 1.54) is 6.42 Å². The number of nitrogens with one attached hydrogen (secondary N) is 1. The lowest BCUT2D eigenvalue weighted by molar-refractivity contribution is -0.139. The number of nitrogens with two attached hydrogens (primary N) is 1. The van der Waals surface area contributed by atoms with Gasteiger partial charge in [0.15, 0.2) is 0 Å². The zero-order chi connectivity index (χ0) is 26.4. The molecule has 0 radical (unpaired) electrons. The predicted octanol–water partition coefficient (Wildman–Crippen LogP) is 4.34. The number of carbonyl (C=O) groups is 4. The molecule has 8 heteroatoms. The molecule has 0 aliphatic heterocycles. The minimum atomic E-state index is -0.926. The summed E-state index contributed by atoms with van der Waals surface area (Å²) in [5.41, 5.74) is 4.95. The van der Waals surface area contributed by atoms with E-state index >= 15 is 0 Å². The van der Waals surface area contributed by atoms with Crippen molar-refractivity contribution in [2.24, 2.45) is 11.7 Å². The minimum Gasteiger partial charge on any atom is -0.493 e. The molecule has 0 aliphatic carbocycles. The summed E-state index contributed by atoms with van der Waals surface area (Å²) in [6.07, 6.45) is 2.70. The van der Waals surface area contributed by atoms with Crippen molar-refractivity contribution in [3.05, 3.63) is 42.5 Å². The highest BCUT2D eigenvalue weighted by Gasteiger charge is 2.05. The van der Waals surface area contributed by atoms with E-state index < -0.39 is 11.9 Å². The van der Waals surface area contributed by atoms with Gasteiger partial charge < -0.3 is 25.7 Å². The summed E-state index contributed by atoms with van der Waals surface area (Å²) in [6, 6.07) is 13.9. The Labute approximate surface area is 202 Å². The summed E-state index contributed by atoms with van der Waals surface area (Å²) >= 11 is 0. The molecule has 0 saturated heterocycles. The Bertz CT molecular complexity index is 849. The molecule has 0 aromatic heterocycles. The number of carbonyl (C=O) groups excluding carboxylic acids is 3. The first-order chi connectivity index (χ1) is 16.2. The molecule has 0 fully saturated rings. The van der Waals surface area contributed by atoms with Crippen molar-refractivity contribution in [2.75, 3.05) is 13.2 Å². The summed E-state index contributed by atoms with van der Waals surface area (Å²) < 4.78 is 5.72. The Hall–Kier alpha value is -3.42. The average Bonchev–Trinajstić information content (AvgIpc) is 2.82. The van der Waals surface area contributed by atoms with Gasteiger partial charge in [0.05, 0.1) is 19.6 Å².